The lowest BCUT2D eigenvalue weighted by atomic mass is 10.0. The summed E-state index contributed by atoms with van der Waals surface area (Å²) in [5.41, 5.74) is 0. The zero-order chi connectivity index (χ0) is 48.6. The van der Waals surface area contributed by atoms with Crippen molar-refractivity contribution in [2.24, 2.45) is 0 Å². The van der Waals surface area contributed by atoms with Crippen LogP contribution in [0.2, 0.25) is 0 Å². The van der Waals surface area contributed by atoms with Crippen molar-refractivity contribution >= 4 is 11.9 Å². The summed E-state index contributed by atoms with van der Waals surface area (Å²) in [6.45, 7) is 4.92. The van der Waals surface area contributed by atoms with Gasteiger partial charge in [-0.25, -0.2) is 0 Å². The SMILES string of the molecule is CCCCC/C=C\CCCCCCCC(=O)OCCCCCCCCCCCCCC/C=C\CCCCCCCCCCCCCCC(=O)NC(CO)C(O)CCCCCCCCCCCC. The van der Waals surface area contributed by atoms with Gasteiger partial charge in [0, 0.05) is 12.8 Å². The minimum absolute atomic E-state index is 0.00567. The molecule has 0 bridgehead atoms. The molecule has 6 nitrogen and oxygen atoms in total. The molecular formula is C61H117NO5. The summed E-state index contributed by atoms with van der Waals surface area (Å²) in [6.07, 6.45) is 69.1. The van der Waals surface area contributed by atoms with Crippen LogP contribution in [0.3, 0.4) is 0 Å². The van der Waals surface area contributed by atoms with Crippen LogP contribution in [-0.2, 0) is 14.3 Å². The lowest BCUT2D eigenvalue weighted by molar-refractivity contribution is -0.143. The zero-order valence-corrected chi connectivity index (χ0v) is 45.1. The van der Waals surface area contributed by atoms with Crippen molar-refractivity contribution in [3.63, 3.8) is 0 Å². The van der Waals surface area contributed by atoms with Crippen molar-refractivity contribution in [1.82, 2.24) is 5.32 Å². The van der Waals surface area contributed by atoms with Gasteiger partial charge < -0.3 is 20.3 Å². The third-order valence-corrected chi connectivity index (χ3v) is 14.0. The molecule has 0 heterocycles. The van der Waals surface area contributed by atoms with Crippen molar-refractivity contribution in [3.8, 4) is 0 Å². The van der Waals surface area contributed by atoms with Gasteiger partial charge >= 0.3 is 5.97 Å². The predicted octanol–water partition coefficient (Wildman–Crippen LogP) is 18.6. The third kappa shape index (κ3) is 53.5. The van der Waals surface area contributed by atoms with Gasteiger partial charge in [-0.3, -0.25) is 9.59 Å². The molecule has 0 aliphatic carbocycles. The number of unbranched alkanes of at least 4 members (excludes halogenated alkanes) is 41. The van der Waals surface area contributed by atoms with E-state index >= 15 is 0 Å². The molecule has 67 heavy (non-hydrogen) atoms. The van der Waals surface area contributed by atoms with Crippen molar-refractivity contribution in [1.29, 1.82) is 0 Å². The van der Waals surface area contributed by atoms with E-state index < -0.39 is 12.1 Å². The Morgan fingerprint density at radius 2 is 0.701 bits per heavy atom. The van der Waals surface area contributed by atoms with E-state index in [4.69, 9.17) is 4.74 Å². The highest BCUT2D eigenvalue weighted by Gasteiger charge is 2.20. The van der Waals surface area contributed by atoms with Crippen molar-refractivity contribution in [2.45, 2.75) is 341 Å². The van der Waals surface area contributed by atoms with Crippen LogP contribution in [-0.4, -0.2) is 47.4 Å². The molecule has 3 N–H and O–H groups in total. The summed E-state index contributed by atoms with van der Waals surface area (Å²) in [5.74, 6) is -0.0301. The molecule has 0 fully saturated rings. The first-order valence-electron chi connectivity index (χ1n) is 30.1. The van der Waals surface area contributed by atoms with E-state index in [2.05, 4.69) is 43.5 Å². The van der Waals surface area contributed by atoms with Crippen molar-refractivity contribution in [3.05, 3.63) is 24.3 Å². The molecule has 396 valence electrons. The second kappa shape index (κ2) is 56.9. The molecule has 0 aromatic rings. The van der Waals surface area contributed by atoms with Gasteiger partial charge in [-0.05, 0) is 77.0 Å². The molecule has 0 aromatic heterocycles. The van der Waals surface area contributed by atoms with Crippen LogP contribution in [0.5, 0.6) is 0 Å². The van der Waals surface area contributed by atoms with Gasteiger partial charge in [0.05, 0.1) is 25.4 Å². The molecule has 0 aliphatic rings. The van der Waals surface area contributed by atoms with Crippen LogP contribution in [0.4, 0.5) is 0 Å². The first kappa shape index (κ1) is 65.3. The first-order valence-corrected chi connectivity index (χ1v) is 30.1. The maximum Gasteiger partial charge on any atom is 0.305 e. The topological polar surface area (TPSA) is 95.9 Å². The number of aliphatic hydroxyl groups is 2. The predicted molar refractivity (Wildman–Crippen MR) is 292 cm³/mol. The second-order valence-corrected chi connectivity index (χ2v) is 20.7. The summed E-state index contributed by atoms with van der Waals surface area (Å²) in [4.78, 5) is 24.4. The smallest absolute Gasteiger partial charge is 0.305 e. The molecule has 0 radical (unpaired) electrons. The van der Waals surface area contributed by atoms with Crippen molar-refractivity contribution < 1.29 is 24.5 Å². The van der Waals surface area contributed by atoms with E-state index in [0.29, 0.717) is 25.9 Å². The number of carbonyl (C=O) groups excluding carboxylic acids is 2. The van der Waals surface area contributed by atoms with Crippen LogP contribution in [0.15, 0.2) is 24.3 Å². The Hall–Kier alpha value is -1.66. The summed E-state index contributed by atoms with van der Waals surface area (Å²) in [5, 5.41) is 23.1. The summed E-state index contributed by atoms with van der Waals surface area (Å²) in [7, 11) is 0. The highest BCUT2D eigenvalue weighted by Crippen LogP contribution is 2.17. The summed E-state index contributed by atoms with van der Waals surface area (Å²) in [6, 6.07) is -0.539. The van der Waals surface area contributed by atoms with E-state index in [9.17, 15) is 19.8 Å². The number of nitrogens with one attached hydrogen (secondary N) is 1. The summed E-state index contributed by atoms with van der Waals surface area (Å²) >= 11 is 0. The third-order valence-electron chi connectivity index (χ3n) is 14.0. The standard InChI is InChI=1S/C61H117NO5/c1-3-5-7-9-11-13-15-35-39-43-47-51-55-61(66)67-56-52-48-44-40-36-33-31-29-27-25-23-21-19-17-16-18-20-22-24-26-28-30-32-34-38-42-46-50-54-60(65)62-58(57-63)59(64)53-49-45-41-37-14-12-10-8-6-4-2/h11,13,16-17,58-59,63-64H,3-10,12,14-15,18-57H2,1-2H3,(H,62,65)/b13-11-,17-16-. The fourth-order valence-electron chi connectivity index (χ4n) is 9.34. The fraction of sp³-hybridized carbons (Fsp3) is 0.902. The number of esters is 1. The van der Waals surface area contributed by atoms with Crippen molar-refractivity contribution in [2.75, 3.05) is 13.2 Å². The van der Waals surface area contributed by atoms with Crippen LogP contribution in [0.1, 0.15) is 328 Å². The molecule has 0 aromatic carbocycles. The Labute approximate surface area is 418 Å². The number of hydrogen-bond acceptors (Lipinski definition) is 5. The van der Waals surface area contributed by atoms with Crippen LogP contribution in [0.25, 0.3) is 0 Å². The zero-order valence-electron chi connectivity index (χ0n) is 45.1. The highest BCUT2D eigenvalue weighted by atomic mass is 16.5. The largest absolute Gasteiger partial charge is 0.466 e. The minimum atomic E-state index is -0.662. The fourth-order valence-corrected chi connectivity index (χ4v) is 9.34. The van der Waals surface area contributed by atoms with Gasteiger partial charge in [0.15, 0.2) is 0 Å². The van der Waals surface area contributed by atoms with E-state index in [1.165, 1.54) is 250 Å². The Balaban J connectivity index is 3.35. The van der Waals surface area contributed by atoms with E-state index in [0.717, 1.165) is 44.9 Å². The molecule has 6 heteroatoms. The van der Waals surface area contributed by atoms with E-state index in [1.54, 1.807) is 0 Å². The number of allylic oxidation sites excluding steroid dienone is 4. The van der Waals surface area contributed by atoms with Gasteiger partial charge in [0.1, 0.15) is 0 Å². The van der Waals surface area contributed by atoms with Crippen LogP contribution in [0, 0.1) is 0 Å². The Kier molecular flexibility index (Phi) is 55.5. The average Bonchev–Trinajstić information content (AvgIpc) is 3.33. The maximum atomic E-state index is 12.4. The molecule has 2 atom stereocenters. The highest BCUT2D eigenvalue weighted by molar-refractivity contribution is 5.76. The van der Waals surface area contributed by atoms with Gasteiger partial charge in [0.25, 0.3) is 0 Å². The van der Waals surface area contributed by atoms with Gasteiger partial charge in [0.2, 0.25) is 5.91 Å². The van der Waals surface area contributed by atoms with Crippen LogP contribution >= 0.6 is 0 Å². The van der Waals surface area contributed by atoms with Gasteiger partial charge in [-0.1, -0.05) is 263 Å². The number of carbonyl (C=O) groups is 2. The Morgan fingerprint density at radius 1 is 0.403 bits per heavy atom. The van der Waals surface area contributed by atoms with Gasteiger partial charge in [-0.15, -0.1) is 0 Å². The normalized spacial score (nSPS) is 12.7. The lowest BCUT2D eigenvalue weighted by Crippen LogP contribution is -2.45. The van der Waals surface area contributed by atoms with Crippen LogP contribution < -0.4 is 5.32 Å². The molecule has 1 amide bonds. The molecule has 2 unspecified atom stereocenters. The maximum absolute atomic E-state index is 12.4. The number of aliphatic hydroxyl groups excluding tert-OH is 2. The number of amides is 1. The second-order valence-electron chi connectivity index (χ2n) is 20.7. The van der Waals surface area contributed by atoms with Gasteiger partial charge in [-0.2, -0.15) is 0 Å². The molecular weight excluding hydrogens is 827 g/mol. The minimum Gasteiger partial charge on any atom is -0.466 e. The molecule has 0 saturated carbocycles. The molecule has 0 saturated heterocycles. The number of rotatable bonds is 56. The number of hydrogen-bond donors (Lipinski definition) is 3. The monoisotopic (exact) mass is 944 g/mol. The Morgan fingerprint density at radius 3 is 1.09 bits per heavy atom. The summed E-state index contributed by atoms with van der Waals surface area (Å²) < 4.78 is 5.46. The average molecular weight is 945 g/mol. The lowest BCUT2D eigenvalue weighted by Gasteiger charge is -2.22. The number of ether oxygens (including phenoxy) is 1. The quantitative estimate of drug-likeness (QED) is 0.0321. The first-order chi connectivity index (χ1) is 33.0. The van der Waals surface area contributed by atoms with E-state index in [-0.39, 0.29) is 18.5 Å². The van der Waals surface area contributed by atoms with E-state index in [1.807, 2.05) is 0 Å². The molecule has 0 aliphatic heterocycles. The molecule has 0 rings (SSSR count). The molecule has 0 spiro atoms. The Bertz CT molecular complexity index is 1040.